The van der Waals surface area contributed by atoms with E-state index in [1.54, 1.807) is 19.2 Å². The molecule has 8 heteroatoms. The number of nitrogens with one attached hydrogen (secondary N) is 2. The number of hydrogen-bond donors (Lipinski definition) is 2. The van der Waals surface area contributed by atoms with Gasteiger partial charge in [-0.2, -0.15) is 0 Å². The average molecular weight is 493 g/mol. The number of nitrogens with zero attached hydrogens (tertiary/aromatic N) is 1. The summed E-state index contributed by atoms with van der Waals surface area (Å²) in [7, 11) is 1.64. The molecule has 29 heavy (non-hydrogen) atoms. The quantitative estimate of drug-likeness (QED) is 0.496. The molecule has 4 rings (SSSR count). The highest BCUT2D eigenvalue weighted by Crippen LogP contribution is 2.39. The zero-order valence-electron chi connectivity index (χ0n) is 15.8. The molecule has 0 saturated carbocycles. The van der Waals surface area contributed by atoms with Crippen molar-refractivity contribution >= 4 is 50.9 Å². The zero-order chi connectivity index (χ0) is 20.5. The van der Waals surface area contributed by atoms with Crippen LogP contribution in [0.1, 0.15) is 17.3 Å². The van der Waals surface area contributed by atoms with Gasteiger partial charge >= 0.3 is 0 Å². The number of halogens is 2. The van der Waals surface area contributed by atoms with Gasteiger partial charge < -0.3 is 15.5 Å². The number of ether oxygens (including phenoxy) is 1. The van der Waals surface area contributed by atoms with Gasteiger partial charge in [0.2, 0.25) is 5.91 Å². The standard InChI is InChI=1S/C21H19BrClN3O2S/c1-12-3-10-18-26(12)25-19(13-4-7-15(28-2)8-5-13)20(29-18)21(27)24-17-9-6-14(22)11-16(17)23/h3-11,19-20,25H,1-2H3,(H,24,27)/t19-,20+/m1/s1. The number of carbonyl (C=O) groups is 1. The Balaban J connectivity index is 1.66. The maximum absolute atomic E-state index is 13.3. The molecule has 150 valence electrons. The number of methoxy groups -OCH3 is 1. The molecule has 0 bridgehead atoms. The van der Waals surface area contributed by atoms with Crippen LogP contribution in [0.25, 0.3) is 0 Å². The van der Waals surface area contributed by atoms with Crippen LogP contribution in [-0.2, 0) is 4.79 Å². The Bertz CT molecular complexity index is 1050. The van der Waals surface area contributed by atoms with Gasteiger partial charge in [0.15, 0.2) is 0 Å². The number of carbonyl (C=O) groups excluding carboxylic acids is 1. The largest absolute Gasteiger partial charge is 0.497 e. The summed E-state index contributed by atoms with van der Waals surface area (Å²) in [6.45, 7) is 2.03. The minimum atomic E-state index is -0.384. The first-order valence-corrected chi connectivity index (χ1v) is 11.0. The molecule has 0 spiro atoms. The second kappa shape index (κ2) is 8.34. The molecule has 1 aliphatic heterocycles. The summed E-state index contributed by atoms with van der Waals surface area (Å²) >= 11 is 11.2. The van der Waals surface area contributed by atoms with E-state index >= 15 is 0 Å². The van der Waals surface area contributed by atoms with Crippen molar-refractivity contribution in [2.45, 2.75) is 23.2 Å². The third-order valence-corrected chi connectivity index (χ3v) is 6.89. The van der Waals surface area contributed by atoms with Gasteiger partial charge in [-0.1, -0.05) is 51.4 Å². The van der Waals surface area contributed by atoms with E-state index in [0.29, 0.717) is 10.7 Å². The number of aromatic nitrogens is 1. The van der Waals surface area contributed by atoms with E-state index in [9.17, 15) is 4.79 Å². The lowest BCUT2D eigenvalue weighted by molar-refractivity contribution is -0.116. The molecule has 0 unspecified atom stereocenters. The Labute approximate surface area is 186 Å². The van der Waals surface area contributed by atoms with Crippen molar-refractivity contribution in [3.05, 3.63) is 75.4 Å². The topological polar surface area (TPSA) is 55.3 Å². The molecule has 0 fully saturated rings. The molecule has 1 aromatic heterocycles. The van der Waals surface area contributed by atoms with Crippen LogP contribution < -0.4 is 15.5 Å². The Morgan fingerprint density at radius 2 is 1.97 bits per heavy atom. The molecule has 0 saturated heterocycles. The fourth-order valence-corrected chi connectivity index (χ4v) is 5.19. The molecule has 2 aromatic carbocycles. The zero-order valence-corrected chi connectivity index (χ0v) is 18.9. The van der Waals surface area contributed by atoms with Crippen molar-refractivity contribution in [3.8, 4) is 5.75 Å². The minimum absolute atomic E-state index is 0.113. The molecule has 1 aliphatic rings. The van der Waals surface area contributed by atoms with Crippen molar-refractivity contribution in [2.75, 3.05) is 17.9 Å². The number of thioether (sulfide) groups is 1. The van der Waals surface area contributed by atoms with Crippen LogP contribution >= 0.6 is 39.3 Å². The average Bonchev–Trinajstić information content (AvgIpc) is 3.09. The lowest BCUT2D eigenvalue weighted by Crippen LogP contribution is -2.41. The highest BCUT2D eigenvalue weighted by Gasteiger charge is 2.36. The third-order valence-electron chi connectivity index (χ3n) is 4.78. The van der Waals surface area contributed by atoms with Gasteiger partial charge in [0, 0.05) is 10.2 Å². The lowest BCUT2D eigenvalue weighted by atomic mass is 10.0. The third kappa shape index (κ3) is 4.13. The monoisotopic (exact) mass is 491 g/mol. The number of anilines is 1. The van der Waals surface area contributed by atoms with Crippen LogP contribution in [0.5, 0.6) is 5.75 Å². The summed E-state index contributed by atoms with van der Waals surface area (Å²) in [5, 5.41) is 4.08. The molecule has 2 N–H and O–H groups in total. The van der Waals surface area contributed by atoms with Crippen LogP contribution in [0, 0.1) is 6.92 Å². The highest BCUT2D eigenvalue weighted by molar-refractivity contribution is 9.10. The molecule has 0 radical (unpaired) electrons. The predicted octanol–water partition coefficient (Wildman–Crippen LogP) is 5.62. The van der Waals surface area contributed by atoms with Crippen molar-refractivity contribution in [2.24, 2.45) is 0 Å². The Hall–Kier alpha value is -2.09. The fraction of sp³-hybridized carbons (Fsp3) is 0.190. The van der Waals surface area contributed by atoms with E-state index in [1.165, 1.54) is 11.8 Å². The second-order valence-electron chi connectivity index (χ2n) is 6.68. The van der Waals surface area contributed by atoms with Crippen LogP contribution in [0.4, 0.5) is 5.69 Å². The number of hydrogen-bond acceptors (Lipinski definition) is 4. The molecule has 2 atom stereocenters. The number of amides is 1. The first-order valence-electron chi connectivity index (χ1n) is 8.97. The van der Waals surface area contributed by atoms with Gasteiger partial charge in [0.05, 0.1) is 28.9 Å². The van der Waals surface area contributed by atoms with Gasteiger partial charge in [-0.3, -0.25) is 9.47 Å². The fourth-order valence-electron chi connectivity index (χ4n) is 3.24. The van der Waals surface area contributed by atoms with Gasteiger partial charge in [-0.05, 0) is 55.0 Å². The SMILES string of the molecule is COc1ccc([C@H]2Nn3c(C)ccc3S[C@@H]2C(=O)Nc2ccc(Br)cc2Cl)cc1. The first-order chi connectivity index (χ1) is 14.0. The van der Waals surface area contributed by atoms with Crippen LogP contribution in [0.3, 0.4) is 0 Å². The van der Waals surface area contributed by atoms with E-state index in [2.05, 4.69) is 26.7 Å². The molecule has 5 nitrogen and oxygen atoms in total. The highest BCUT2D eigenvalue weighted by atomic mass is 79.9. The Morgan fingerprint density at radius 1 is 1.21 bits per heavy atom. The Kier molecular flexibility index (Phi) is 5.81. The van der Waals surface area contributed by atoms with Crippen molar-refractivity contribution in [1.82, 2.24) is 4.68 Å². The summed E-state index contributed by atoms with van der Waals surface area (Å²) in [4.78, 5) is 13.3. The number of rotatable bonds is 4. The molecular formula is C21H19BrClN3O2S. The van der Waals surface area contributed by atoms with Crippen LogP contribution in [-0.4, -0.2) is 22.9 Å². The predicted molar refractivity (Wildman–Crippen MR) is 122 cm³/mol. The Morgan fingerprint density at radius 3 is 2.66 bits per heavy atom. The number of benzene rings is 2. The van der Waals surface area contributed by atoms with E-state index in [-0.39, 0.29) is 17.2 Å². The van der Waals surface area contributed by atoms with Gasteiger partial charge in [0.1, 0.15) is 11.0 Å². The summed E-state index contributed by atoms with van der Waals surface area (Å²) < 4.78 is 8.15. The van der Waals surface area contributed by atoms with Crippen molar-refractivity contribution in [3.63, 3.8) is 0 Å². The molecular weight excluding hydrogens is 474 g/mol. The molecule has 0 aliphatic carbocycles. The van der Waals surface area contributed by atoms with Gasteiger partial charge in [-0.25, -0.2) is 0 Å². The first kappa shape index (κ1) is 20.2. The van der Waals surface area contributed by atoms with Crippen LogP contribution in [0.2, 0.25) is 5.02 Å². The minimum Gasteiger partial charge on any atom is -0.497 e. The van der Waals surface area contributed by atoms with Crippen molar-refractivity contribution in [1.29, 1.82) is 0 Å². The van der Waals surface area contributed by atoms with E-state index < -0.39 is 0 Å². The summed E-state index contributed by atoms with van der Waals surface area (Å²) in [5.41, 5.74) is 6.17. The lowest BCUT2D eigenvalue weighted by Gasteiger charge is -2.34. The molecule has 1 amide bonds. The smallest absolute Gasteiger partial charge is 0.240 e. The van der Waals surface area contributed by atoms with Gasteiger partial charge in [-0.15, -0.1) is 0 Å². The van der Waals surface area contributed by atoms with E-state index in [4.69, 9.17) is 16.3 Å². The summed E-state index contributed by atoms with van der Waals surface area (Å²) in [6.07, 6.45) is 0. The maximum Gasteiger partial charge on any atom is 0.240 e. The van der Waals surface area contributed by atoms with Crippen molar-refractivity contribution < 1.29 is 9.53 Å². The second-order valence-corrected chi connectivity index (χ2v) is 9.16. The molecule has 3 aromatic rings. The summed E-state index contributed by atoms with van der Waals surface area (Å²) in [5.74, 6) is 0.662. The molecule has 2 heterocycles. The number of aryl methyl sites for hydroxylation is 1. The normalized spacial score (nSPS) is 17.9. The van der Waals surface area contributed by atoms with E-state index in [0.717, 1.165) is 26.5 Å². The van der Waals surface area contributed by atoms with Gasteiger partial charge in [0.25, 0.3) is 0 Å². The maximum atomic E-state index is 13.3. The van der Waals surface area contributed by atoms with E-state index in [1.807, 2.05) is 54.1 Å². The number of fused-ring (bicyclic) bond motifs is 1. The van der Waals surface area contributed by atoms with Crippen LogP contribution in [0.15, 0.2) is 64.1 Å². The summed E-state index contributed by atoms with van der Waals surface area (Å²) in [6, 6.07) is 17.0.